The smallest absolute Gasteiger partial charge is 0.308 e. The lowest BCUT2D eigenvalue weighted by Crippen LogP contribution is -2.51. The molecule has 1 N–H and O–H groups in total. The van der Waals surface area contributed by atoms with E-state index in [4.69, 9.17) is 9.84 Å². The number of aliphatic hydroxyl groups is 1. The Balaban J connectivity index is 1.43. The third kappa shape index (κ3) is 4.82. The Hall–Kier alpha value is -0.830. The summed E-state index contributed by atoms with van der Waals surface area (Å²) >= 11 is 0. The zero-order valence-corrected chi connectivity index (χ0v) is 22.1. The molecule has 4 aliphatic carbocycles. The first-order valence-corrected chi connectivity index (χ1v) is 14.2. The Bertz CT molecular complexity index is 726. The lowest BCUT2D eigenvalue weighted by Gasteiger charge is -2.58. The fourth-order valence-electron chi connectivity index (χ4n) is 9.09. The molecule has 0 bridgehead atoms. The van der Waals surface area contributed by atoms with Gasteiger partial charge in [-0.25, -0.2) is 0 Å². The van der Waals surface area contributed by atoms with Gasteiger partial charge >= 0.3 is 5.97 Å². The van der Waals surface area contributed by atoms with Crippen molar-refractivity contribution in [3.05, 3.63) is 11.6 Å². The molecule has 0 saturated heterocycles. The van der Waals surface area contributed by atoms with Gasteiger partial charge in [0.15, 0.2) is 0 Å². The van der Waals surface area contributed by atoms with Gasteiger partial charge in [-0.15, -0.1) is 0 Å². The van der Waals surface area contributed by atoms with Crippen LogP contribution in [0.25, 0.3) is 0 Å². The van der Waals surface area contributed by atoms with Gasteiger partial charge in [0.25, 0.3) is 0 Å². The Morgan fingerprint density at radius 2 is 1.88 bits per heavy atom. The van der Waals surface area contributed by atoms with Crippen molar-refractivity contribution in [3.63, 3.8) is 0 Å². The Labute approximate surface area is 203 Å². The Morgan fingerprint density at radius 1 is 1.09 bits per heavy atom. The lowest BCUT2D eigenvalue weighted by atomic mass is 9.47. The summed E-state index contributed by atoms with van der Waals surface area (Å²) in [7, 11) is 0. The summed E-state index contributed by atoms with van der Waals surface area (Å²) < 4.78 is 5.69. The minimum absolute atomic E-state index is 0.0105. The highest BCUT2D eigenvalue weighted by Gasteiger charge is 2.59. The van der Waals surface area contributed by atoms with Crippen LogP contribution in [0.15, 0.2) is 11.6 Å². The van der Waals surface area contributed by atoms with Crippen molar-refractivity contribution in [3.8, 4) is 0 Å². The molecule has 0 aromatic heterocycles. The largest absolute Gasteiger partial charge is 0.462 e. The maximum atomic E-state index is 11.9. The van der Waals surface area contributed by atoms with Crippen molar-refractivity contribution < 1.29 is 14.6 Å². The number of esters is 1. The summed E-state index contributed by atoms with van der Waals surface area (Å²) in [6.45, 7) is 12.4. The van der Waals surface area contributed by atoms with E-state index in [0.717, 1.165) is 54.8 Å². The zero-order valence-electron chi connectivity index (χ0n) is 22.1. The molecule has 0 aliphatic heterocycles. The number of rotatable bonds is 8. The van der Waals surface area contributed by atoms with Crippen LogP contribution in [0.2, 0.25) is 0 Å². The van der Waals surface area contributed by atoms with Crippen LogP contribution in [0.5, 0.6) is 0 Å². The minimum Gasteiger partial charge on any atom is -0.462 e. The molecule has 0 radical (unpaired) electrons. The van der Waals surface area contributed by atoms with E-state index >= 15 is 0 Å². The molecule has 0 aromatic rings. The molecular weight excluding hydrogens is 408 g/mol. The van der Waals surface area contributed by atoms with Gasteiger partial charge in [0.2, 0.25) is 0 Å². The van der Waals surface area contributed by atoms with Gasteiger partial charge in [-0.3, -0.25) is 4.79 Å². The van der Waals surface area contributed by atoms with Crippen LogP contribution >= 0.6 is 0 Å². The highest BCUT2D eigenvalue weighted by Crippen LogP contribution is 2.67. The molecule has 3 fully saturated rings. The van der Waals surface area contributed by atoms with Crippen molar-refractivity contribution in [2.75, 3.05) is 6.61 Å². The van der Waals surface area contributed by atoms with Crippen LogP contribution in [0, 0.1) is 46.3 Å². The first-order valence-electron chi connectivity index (χ1n) is 14.2. The second kappa shape index (κ2) is 10.0. The van der Waals surface area contributed by atoms with Gasteiger partial charge in [0.1, 0.15) is 6.10 Å². The Morgan fingerprint density at radius 3 is 2.61 bits per heavy atom. The molecule has 3 saturated carbocycles. The summed E-state index contributed by atoms with van der Waals surface area (Å²) in [6, 6.07) is 0. The van der Waals surface area contributed by atoms with Gasteiger partial charge in [-0.2, -0.15) is 0 Å². The fourth-order valence-corrected chi connectivity index (χ4v) is 9.09. The molecule has 0 spiro atoms. The number of carbonyl (C=O) groups excluding carboxylic acids is 1. The van der Waals surface area contributed by atoms with Crippen molar-refractivity contribution in [1.82, 2.24) is 0 Å². The molecular formula is C30H50O3. The number of allylic oxidation sites excluding steroid dienone is 1. The molecule has 8 atom stereocenters. The second-order valence-corrected chi connectivity index (χ2v) is 13.1. The number of hydrogen-bond acceptors (Lipinski definition) is 3. The molecule has 0 aromatic carbocycles. The average molecular weight is 459 g/mol. The van der Waals surface area contributed by atoms with Crippen LogP contribution in [-0.4, -0.2) is 23.8 Å². The van der Waals surface area contributed by atoms with E-state index in [0.29, 0.717) is 10.8 Å². The number of ether oxygens (including phenoxy) is 1. The molecule has 3 nitrogen and oxygen atoms in total. The topological polar surface area (TPSA) is 46.5 Å². The van der Waals surface area contributed by atoms with Crippen LogP contribution in [-0.2, 0) is 9.53 Å². The number of fused-ring (bicyclic) bond motifs is 5. The summed E-state index contributed by atoms with van der Waals surface area (Å²) in [6.07, 6.45) is 16.9. The first kappa shape index (κ1) is 25.3. The van der Waals surface area contributed by atoms with E-state index in [-0.39, 0.29) is 25.1 Å². The predicted molar refractivity (Wildman–Crippen MR) is 135 cm³/mol. The van der Waals surface area contributed by atoms with Crippen molar-refractivity contribution in [2.45, 2.75) is 118 Å². The highest BCUT2D eigenvalue weighted by molar-refractivity contribution is 5.69. The molecule has 4 aliphatic rings. The molecule has 0 amide bonds. The van der Waals surface area contributed by atoms with Gasteiger partial charge in [0.05, 0.1) is 13.0 Å². The zero-order chi connectivity index (χ0) is 23.8. The van der Waals surface area contributed by atoms with E-state index in [2.05, 4.69) is 40.7 Å². The fraction of sp³-hybridized carbons (Fsp3) is 0.900. The van der Waals surface area contributed by atoms with Crippen LogP contribution < -0.4 is 0 Å². The monoisotopic (exact) mass is 458 g/mol. The van der Waals surface area contributed by atoms with Gasteiger partial charge in [-0.1, -0.05) is 65.5 Å². The van der Waals surface area contributed by atoms with Crippen molar-refractivity contribution in [1.29, 1.82) is 0 Å². The summed E-state index contributed by atoms with van der Waals surface area (Å²) in [4.78, 5) is 11.9. The standard InChI is InChI=1S/C30H50O3/c1-20(2)7-6-8-21(3)25-11-12-26-24-10-9-22-19-23(33-28(32)15-18-31)13-16-29(22,4)27(24)14-17-30(25,26)5/h9,20-21,23-27,31H,6-8,10-19H2,1-5H3/t21-,23+,24?,25-,26?,27?,29+,30-/m1/s1. The maximum absolute atomic E-state index is 11.9. The van der Waals surface area contributed by atoms with Gasteiger partial charge < -0.3 is 9.84 Å². The summed E-state index contributed by atoms with van der Waals surface area (Å²) in [5.74, 6) is 4.91. The van der Waals surface area contributed by atoms with E-state index in [9.17, 15) is 4.79 Å². The van der Waals surface area contributed by atoms with Crippen LogP contribution in [0.4, 0.5) is 0 Å². The van der Waals surface area contributed by atoms with Crippen molar-refractivity contribution in [2.24, 2.45) is 46.3 Å². The van der Waals surface area contributed by atoms with E-state index in [1.807, 2.05) is 0 Å². The summed E-state index contributed by atoms with van der Waals surface area (Å²) in [5.41, 5.74) is 2.40. The van der Waals surface area contributed by atoms with Crippen molar-refractivity contribution >= 4 is 5.97 Å². The van der Waals surface area contributed by atoms with Crippen LogP contribution in [0.1, 0.15) is 112 Å². The van der Waals surface area contributed by atoms with Crippen LogP contribution in [0.3, 0.4) is 0 Å². The van der Waals surface area contributed by atoms with Gasteiger partial charge in [0, 0.05) is 6.42 Å². The summed E-state index contributed by atoms with van der Waals surface area (Å²) in [5, 5.41) is 9.02. The molecule has 188 valence electrons. The molecule has 4 rings (SSSR count). The lowest BCUT2D eigenvalue weighted by molar-refractivity contribution is -0.152. The average Bonchev–Trinajstić information content (AvgIpc) is 3.11. The van der Waals surface area contributed by atoms with E-state index in [1.165, 1.54) is 51.4 Å². The predicted octanol–water partition coefficient (Wildman–Crippen LogP) is 7.32. The van der Waals surface area contributed by atoms with E-state index < -0.39 is 0 Å². The number of aliphatic hydroxyl groups excluding tert-OH is 1. The molecule has 3 heteroatoms. The third-order valence-corrected chi connectivity index (χ3v) is 10.9. The van der Waals surface area contributed by atoms with E-state index in [1.54, 1.807) is 5.57 Å². The second-order valence-electron chi connectivity index (χ2n) is 13.1. The first-order chi connectivity index (χ1) is 15.7. The normalized spacial score (nSPS) is 41.1. The SMILES string of the molecule is CC(C)CCC[C@@H](C)[C@H]1CCC2C3CC=C4C[C@@H](OC(=O)CCO)CC[C@]4(C)C3CC[C@@]21C. The molecule has 3 unspecified atom stereocenters. The maximum Gasteiger partial charge on any atom is 0.308 e. The highest BCUT2D eigenvalue weighted by atomic mass is 16.5. The number of hydrogen-bond donors (Lipinski definition) is 1. The number of carbonyl (C=O) groups is 1. The quantitative estimate of drug-likeness (QED) is 0.306. The molecule has 0 heterocycles. The van der Waals surface area contributed by atoms with Gasteiger partial charge in [-0.05, 0) is 91.3 Å². The molecule has 33 heavy (non-hydrogen) atoms. The Kier molecular flexibility index (Phi) is 7.68. The minimum atomic E-state index is -0.242. The third-order valence-electron chi connectivity index (χ3n) is 10.9.